The van der Waals surface area contributed by atoms with Crippen molar-refractivity contribution in [3.8, 4) is 11.5 Å². The van der Waals surface area contributed by atoms with E-state index in [4.69, 9.17) is 9.47 Å². The van der Waals surface area contributed by atoms with Crippen LogP contribution in [0.2, 0.25) is 0 Å². The Morgan fingerprint density at radius 1 is 1.43 bits per heavy atom. The Bertz CT molecular complexity index is 640. The van der Waals surface area contributed by atoms with Gasteiger partial charge in [0.2, 0.25) is 0 Å². The molecule has 0 radical (unpaired) electrons. The van der Waals surface area contributed by atoms with E-state index in [1.807, 2.05) is 13.8 Å². The van der Waals surface area contributed by atoms with E-state index in [9.17, 15) is 4.79 Å². The molecule has 0 aliphatic rings. The largest absolute Gasteiger partial charge is 0.493 e. The van der Waals surface area contributed by atoms with Crippen molar-refractivity contribution in [1.82, 2.24) is 14.8 Å². The number of carbonyl (C=O) groups is 1. The molecule has 112 valence electrons. The third-order valence-electron chi connectivity index (χ3n) is 2.87. The molecule has 6 nitrogen and oxygen atoms in total. The van der Waals surface area contributed by atoms with Crippen LogP contribution >= 0.6 is 15.9 Å². The maximum absolute atomic E-state index is 10.9. The number of benzene rings is 1. The molecule has 0 unspecified atom stereocenters. The third kappa shape index (κ3) is 3.41. The molecule has 2 rings (SSSR count). The second-order valence-electron chi connectivity index (χ2n) is 4.66. The first-order chi connectivity index (χ1) is 10.1. The Morgan fingerprint density at radius 3 is 2.81 bits per heavy atom. The van der Waals surface area contributed by atoms with Crippen LogP contribution in [0, 0.1) is 0 Å². The molecule has 0 amide bonds. The molecule has 0 aliphatic carbocycles. The minimum Gasteiger partial charge on any atom is -0.493 e. The quantitative estimate of drug-likeness (QED) is 0.746. The van der Waals surface area contributed by atoms with Gasteiger partial charge in [0.05, 0.1) is 11.6 Å². The monoisotopic (exact) mass is 353 g/mol. The fourth-order valence-corrected chi connectivity index (χ4v) is 2.47. The Labute approximate surface area is 131 Å². The smallest absolute Gasteiger partial charge is 0.176 e. The lowest BCUT2D eigenvalue weighted by atomic mass is 10.2. The number of hydrogen-bond acceptors (Lipinski definition) is 5. The van der Waals surface area contributed by atoms with Crippen LogP contribution in [0.4, 0.5) is 0 Å². The SMILES string of the molecule is COc1cc(C=O)cc(Br)c1OCc1ncnn1C(C)C. The second-order valence-corrected chi connectivity index (χ2v) is 5.51. The molecule has 0 saturated heterocycles. The van der Waals surface area contributed by atoms with Crippen molar-refractivity contribution >= 4 is 22.2 Å². The van der Waals surface area contributed by atoms with Gasteiger partial charge in [-0.05, 0) is 41.9 Å². The normalized spacial score (nSPS) is 10.7. The fourth-order valence-electron chi connectivity index (χ4n) is 1.89. The number of rotatable bonds is 6. The molecular formula is C14H16BrN3O3. The average molecular weight is 354 g/mol. The van der Waals surface area contributed by atoms with Crippen LogP contribution in [0.15, 0.2) is 22.9 Å². The van der Waals surface area contributed by atoms with Gasteiger partial charge in [-0.15, -0.1) is 0 Å². The highest BCUT2D eigenvalue weighted by Crippen LogP contribution is 2.36. The summed E-state index contributed by atoms with van der Waals surface area (Å²) in [6.45, 7) is 4.30. The molecule has 1 aromatic heterocycles. The van der Waals surface area contributed by atoms with Gasteiger partial charge in [0, 0.05) is 11.6 Å². The van der Waals surface area contributed by atoms with Crippen LogP contribution in [-0.2, 0) is 6.61 Å². The first-order valence-electron chi connectivity index (χ1n) is 6.40. The van der Waals surface area contributed by atoms with Gasteiger partial charge in [-0.3, -0.25) is 4.79 Å². The topological polar surface area (TPSA) is 66.2 Å². The molecule has 0 bridgehead atoms. The summed E-state index contributed by atoms with van der Waals surface area (Å²) in [6, 6.07) is 3.51. The number of nitrogens with zero attached hydrogens (tertiary/aromatic N) is 3. The average Bonchev–Trinajstić information content (AvgIpc) is 2.93. The molecule has 0 aliphatic heterocycles. The first kappa shape index (κ1) is 15.5. The van der Waals surface area contributed by atoms with Gasteiger partial charge < -0.3 is 9.47 Å². The van der Waals surface area contributed by atoms with Crippen molar-refractivity contribution in [3.05, 3.63) is 34.3 Å². The summed E-state index contributed by atoms with van der Waals surface area (Å²) in [5.74, 6) is 1.74. The highest BCUT2D eigenvalue weighted by molar-refractivity contribution is 9.10. The lowest BCUT2D eigenvalue weighted by Crippen LogP contribution is -2.11. The number of ether oxygens (including phenoxy) is 2. The predicted octanol–water partition coefficient (Wildman–Crippen LogP) is 3.02. The van der Waals surface area contributed by atoms with Gasteiger partial charge in [0.1, 0.15) is 19.2 Å². The molecule has 0 fully saturated rings. The molecule has 1 aromatic carbocycles. The molecule has 2 aromatic rings. The van der Waals surface area contributed by atoms with Crippen LogP contribution in [-0.4, -0.2) is 28.2 Å². The Hall–Kier alpha value is -1.89. The lowest BCUT2D eigenvalue weighted by molar-refractivity contribution is 0.112. The maximum atomic E-state index is 10.9. The van der Waals surface area contributed by atoms with Crippen molar-refractivity contribution < 1.29 is 14.3 Å². The summed E-state index contributed by atoms with van der Waals surface area (Å²) in [4.78, 5) is 15.0. The van der Waals surface area contributed by atoms with E-state index in [1.165, 1.54) is 13.4 Å². The summed E-state index contributed by atoms with van der Waals surface area (Å²) in [7, 11) is 1.53. The molecule has 0 saturated carbocycles. The standard InChI is InChI=1S/C14H16BrN3O3/c1-9(2)18-13(16-8-17-18)7-21-14-11(15)4-10(6-19)5-12(14)20-3/h4-6,8-9H,7H2,1-3H3. The summed E-state index contributed by atoms with van der Waals surface area (Å²) in [6.07, 6.45) is 2.26. The van der Waals surface area contributed by atoms with E-state index in [0.29, 0.717) is 21.5 Å². The summed E-state index contributed by atoms with van der Waals surface area (Å²) in [5, 5.41) is 4.16. The summed E-state index contributed by atoms with van der Waals surface area (Å²) in [5.41, 5.74) is 0.511. The van der Waals surface area contributed by atoms with Gasteiger partial charge in [-0.25, -0.2) is 9.67 Å². The van der Waals surface area contributed by atoms with Gasteiger partial charge in [-0.1, -0.05) is 0 Å². The van der Waals surface area contributed by atoms with Gasteiger partial charge >= 0.3 is 0 Å². The number of aldehydes is 1. The highest BCUT2D eigenvalue weighted by atomic mass is 79.9. The second kappa shape index (κ2) is 6.71. The maximum Gasteiger partial charge on any atom is 0.176 e. The molecule has 21 heavy (non-hydrogen) atoms. The van der Waals surface area contributed by atoms with Crippen LogP contribution in [0.5, 0.6) is 11.5 Å². The van der Waals surface area contributed by atoms with E-state index < -0.39 is 0 Å². The number of carbonyl (C=O) groups excluding carboxylic acids is 1. The highest BCUT2D eigenvalue weighted by Gasteiger charge is 2.14. The van der Waals surface area contributed by atoms with Crippen LogP contribution in [0.25, 0.3) is 0 Å². The van der Waals surface area contributed by atoms with Crippen LogP contribution in [0.3, 0.4) is 0 Å². The zero-order valence-corrected chi connectivity index (χ0v) is 13.6. The van der Waals surface area contributed by atoms with Crippen molar-refractivity contribution in [1.29, 1.82) is 0 Å². The minimum atomic E-state index is 0.203. The van der Waals surface area contributed by atoms with Gasteiger partial charge in [0.25, 0.3) is 0 Å². The Balaban J connectivity index is 2.23. The van der Waals surface area contributed by atoms with Crippen LogP contribution in [0.1, 0.15) is 36.1 Å². The van der Waals surface area contributed by atoms with E-state index in [1.54, 1.807) is 16.8 Å². The number of methoxy groups -OCH3 is 1. The zero-order valence-electron chi connectivity index (χ0n) is 12.0. The molecular weight excluding hydrogens is 338 g/mol. The van der Waals surface area contributed by atoms with Crippen molar-refractivity contribution in [2.45, 2.75) is 26.5 Å². The van der Waals surface area contributed by atoms with Crippen molar-refractivity contribution in [3.63, 3.8) is 0 Å². The number of hydrogen-bond donors (Lipinski definition) is 0. The minimum absolute atomic E-state index is 0.203. The van der Waals surface area contributed by atoms with E-state index in [0.717, 1.165) is 12.1 Å². The zero-order chi connectivity index (χ0) is 15.4. The van der Waals surface area contributed by atoms with E-state index >= 15 is 0 Å². The molecule has 0 spiro atoms. The Morgan fingerprint density at radius 2 is 2.19 bits per heavy atom. The predicted molar refractivity (Wildman–Crippen MR) is 80.8 cm³/mol. The number of aromatic nitrogens is 3. The molecule has 0 N–H and O–H groups in total. The van der Waals surface area contributed by atoms with Crippen molar-refractivity contribution in [2.75, 3.05) is 7.11 Å². The molecule has 7 heteroatoms. The first-order valence-corrected chi connectivity index (χ1v) is 7.20. The van der Waals surface area contributed by atoms with Gasteiger partial charge in [0.15, 0.2) is 17.3 Å². The third-order valence-corrected chi connectivity index (χ3v) is 3.46. The lowest BCUT2D eigenvalue weighted by Gasteiger charge is -2.14. The summed E-state index contributed by atoms with van der Waals surface area (Å²) < 4.78 is 13.5. The number of halogens is 1. The fraction of sp³-hybridized carbons (Fsp3) is 0.357. The molecule has 1 heterocycles. The Kier molecular flexibility index (Phi) is 4.95. The summed E-state index contributed by atoms with van der Waals surface area (Å²) >= 11 is 3.38. The van der Waals surface area contributed by atoms with E-state index in [2.05, 4.69) is 26.0 Å². The van der Waals surface area contributed by atoms with E-state index in [-0.39, 0.29) is 12.6 Å². The van der Waals surface area contributed by atoms with Gasteiger partial charge in [-0.2, -0.15) is 5.10 Å². The van der Waals surface area contributed by atoms with Crippen molar-refractivity contribution in [2.24, 2.45) is 0 Å². The van der Waals surface area contributed by atoms with Crippen LogP contribution < -0.4 is 9.47 Å². The molecule has 0 atom stereocenters.